The zero-order chi connectivity index (χ0) is 17.7. The molecule has 128 valence electrons. The van der Waals surface area contributed by atoms with Gasteiger partial charge in [0.25, 0.3) is 0 Å². The van der Waals surface area contributed by atoms with E-state index in [0.717, 1.165) is 28.5 Å². The lowest BCUT2D eigenvalue weighted by Crippen LogP contribution is -2.38. The molecule has 0 fully saturated rings. The number of hydrogen-bond donors (Lipinski definition) is 1. The van der Waals surface area contributed by atoms with Gasteiger partial charge in [-0.3, -0.25) is 9.59 Å². The number of methoxy groups -OCH3 is 1. The van der Waals surface area contributed by atoms with Crippen LogP contribution in [0.3, 0.4) is 0 Å². The van der Waals surface area contributed by atoms with Gasteiger partial charge in [-0.25, -0.2) is 0 Å². The Morgan fingerprint density at radius 1 is 1.17 bits per heavy atom. The lowest BCUT2D eigenvalue weighted by Gasteiger charge is -2.24. The number of amides is 1. The van der Waals surface area contributed by atoms with Gasteiger partial charge >= 0.3 is 5.97 Å². The number of benzene rings is 2. The molecule has 1 amide bonds. The number of carbonyl (C=O) groups is 2. The lowest BCUT2D eigenvalue weighted by molar-refractivity contribution is -0.145. The van der Waals surface area contributed by atoms with Crippen molar-refractivity contribution in [3.63, 3.8) is 0 Å². The fraction of sp³-hybridized carbons (Fsp3) is 0.368. The Labute approximate surface area is 141 Å². The van der Waals surface area contributed by atoms with Crippen LogP contribution in [0, 0.1) is 0 Å². The zero-order valence-corrected chi connectivity index (χ0v) is 14.3. The highest BCUT2D eigenvalue weighted by Crippen LogP contribution is 2.26. The summed E-state index contributed by atoms with van der Waals surface area (Å²) in [4.78, 5) is 25.0. The summed E-state index contributed by atoms with van der Waals surface area (Å²) in [5.41, 5.74) is 0.879. The van der Waals surface area contributed by atoms with Crippen LogP contribution < -0.4 is 4.74 Å². The molecular formula is C19H23NO4. The number of carbonyl (C=O) groups excluding carboxylic acids is 1. The first-order valence-corrected chi connectivity index (χ1v) is 8.04. The monoisotopic (exact) mass is 329 g/mol. The van der Waals surface area contributed by atoms with Crippen LogP contribution in [0.4, 0.5) is 0 Å². The second kappa shape index (κ2) is 7.81. The summed E-state index contributed by atoms with van der Waals surface area (Å²) in [6, 6.07) is 11.6. The van der Waals surface area contributed by atoms with Crippen molar-refractivity contribution in [2.45, 2.75) is 26.2 Å². The van der Waals surface area contributed by atoms with E-state index in [0.29, 0.717) is 6.54 Å². The number of carboxylic acids is 1. The molecule has 0 spiro atoms. The average molecular weight is 329 g/mol. The number of ether oxygens (including phenoxy) is 1. The van der Waals surface area contributed by atoms with Crippen LogP contribution in [0.25, 0.3) is 10.8 Å². The van der Waals surface area contributed by atoms with Gasteiger partial charge in [0.1, 0.15) is 12.3 Å². The Bertz CT molecular complexity index is 741. The van der Waals surface area contributed by atoms with E-state index < -0.39 is 5.97 Å². The molecule has 0 heterocycles. The summed E-state index contributed by atoms with van der Waals surface area (Å²) in [6.45, 7) is 3.93. The molecule has 2 rings (SSSR count). The molecule has 0 radical (unpaired) electrons. The summed E-state index contributed by atoms with van der Waals surface area (Å²) < 4.78 is 5.22. The Hall–Kier alpha value is -2.56. The van der Waals surface area contributed by atoms with Gasteiger partial charge in [0.05, 0.1) is 13.0 Å². The number of nitrogens with zero attached hydrogens (tertiary/aromatic N) is 1. The summed E-state index contributed by atoms with van der Waals surface area (Å²) in [6.07, 6.45) is 0.725. The van der Waals surface area contributed by atoms with E-state index in [9.17, 15) is 9.59 Å². The smallest absolute Gasteiger partial charge is 0.323 e. The maximum Gasteiger partial charge on any atom is 0.323 e. The van der Waals surface area contributed by atoms with Crippen LogP contribution in [0.1, 0.15) is 31.7 Å². The van der Waals surface area contributed by atoms with Crippen LogP contribution in [0.5, 0.6) is 5.75 Å². The number of fused-ring (bicyclic) bond motifs is 1. The summed E-state index contributed by atoms with van der Waals surface area (Å²) in [5, 5.41) is 11.1. The minimum absolute atomic E-state index is 0.160. The molecule has 24 heavy (non-hydrogen) atoms. The van der Waals surface area contributed by atoms with Gasteiger partial charge in [-0.05, 0) is 41.8 Å². The van der Waals surface area contributed by atoms with E-state index in [4.69, 9.17) is 9.84 Å². The Morgan fingerprint density at radius 3 is 2.46 bits per heavy atom. The number of rotatable bonds is 7. The molecule has 1 N–H and O–H groups in total. The van der Waals surface area contributed by atoms with E-state index >= 15 is 0 Å². The van der Waals surface area contributed by atoms with Crippen molar-refractivity contribution < 1.29 is 19.4 Å². The molecule has 0 unspecified atom stereocenters. The van der Waals surface area contributed by atoms with E-state index in [1.807, 2.05) is 50.2 Å². The number of hydrogen-bond acceptors (Lipinski definition) is 3. The number of aliphatic carboxylic acids is 1. The molecule has 0 aliphatic heterocycles. The molecule has 0 aliphatic carbocycles. The first-order chi connectivity index (χ1) is 11.5. The molecular weight excluding hydrogens is 306 g/mol. The Kier molecular flexibility index (Phi) is 5.79. The van der Waals surface area contributed by atoms with Crippen molar-refractivity contribution in [1.29, 1.82) is 0 Å². The second-order valence-corrected chi connectivity index (χ2v) is 5.85. The normalized spacial score (nSPS) is 12.0. The van der Waals surface area contributed by atoms with Crippen molar-refractivity contribution >= 4 is 22.6 Å². The van der Waals surface area contributed by atoms with E-state index in [2.05, 4.69) is 0 Å². The van der Waals surface area contributed by atoms with E-state index in [1.54, 1.807) is 7.11 Å². The highest BCUT2D eigenvalue weighted by atomic mass is 16.5. The van der Waals surface area contributed by atoms with Crippen LogP contribution in [0.2, 0.25) is 0 Å². The molecule has 5 nitrogen and oxygen atoms in total. The fourth-order valence-corrected chi connectivity index (χ4v) is 2.76. The van der Waals surface area contributed by atoms with Gasteiger partial charge in [-0.15, -0.1) is 0 Å². The summed E-state index contributed by atoms with van der Waals surface area (Å²) in [7, 11) is 1.63. The van der Waals surface area contributed by atoms with Crippen molar-refractivity contribution in [1.82, 2.24) is 4.90 Å². The number of carboxylic acid groups (broad SMARTS) is 1. The fourth-order valence-electron chi connectivity index (χ4n) is 2.76. The molecule has 1 atom stereocenters. The lowest BCUT2D eigenvalue weighted by atomic mass is 9.96. The van der Waals surface area contributed by atoms with Crippen molar-refractivity contribution in [3.05, 3.63) is 42.0 Å². The van der Waals surface area contributed by atoms with Gasteiger partial charge in [-0.2, -0.15) is 0 Å². The van der Waals surface area contributed by atoms with Gasteiger partial charge in [0, 0.05) is 6.54 Å². The van der Waals surface area contributed by atoms with Gasteiger partial charge in [0.2, 0.25) is 5.91 Å². The standard InChI is InChI=1S/C19H23NO4/c1-4-9-20(12-18(21)22)19(23)13(2)14-5-6-16-11-17(24-3)8-7-15(16)10-14/h5-8,10-11,13H,4,9,12H2,1-3H3,(H,21,22)/t13-/m0/s1. The van der Waals surface area contributed by atoms with Crippen molar-refractivity contribution in [2.75, 3.05) is 20.2 Å². The predicted molar refractivity (Wildman–Crippen MR) is 93.4 cm³/mol. The van der Waals surface area contributed by atoms with Gasteiger partial charge in [-0.1, -0.05) is 31.2 Å². The largest absolute Gasteiger partial charge is 0.497 e. The summed E-state index contributed by atoms with van der Waals surface area (Å²) in [5.74, 6) is -0.751. The van der Waals surface area contributed by atoms with Crippen LogP contribution in [-0.2, 0) is 9.59 Å². The summed E-state index contributed by atoms with van der Waals surface area (Å²) >= 11 is 0. The third-order valence-electron chi connectivity index (χ3n) is 4.07. The highest BCUT2D eigenvalue weighted by Gasteiger charge is 2.23. The molecule has 0 aliphatic rings. The maximum atomic E-state index is 12.6. The Balaban J connectivity index is 2.26. The third-order valence-corrected chi connectivity index (χ3v) is 4.07. The first kappa shape index (κ1) is 17.8. The SMILES string of the molecule is CCCN(CC(=O)O)C(=O)[C@@H](C)c1ccc2cc(OC)ccc2c1. The molecule has 2 aromatic rings. The minimum atomic E-state index is -0.991. The van der Waals surface area contributed by atoms with Crippen molar-refractivity contribution in [3.8, 4) is 5.75 Å². The van der Waals surface area contributed by atoms with Gasteiger partial charge in [0.15, 0.2) is 0 Å². The molecule has 5 heteroatoms. The molecule has 0 saturated heterocycles. The van der Waals surface area contributed by atoms with E-state index in [-0.39, 0.29) is 18.4 Å². The third kappa shape index (κ3) is 4.04. The van der Waals surface area contributed by atoms with Crippen molar-refractivity contribution in [2.24, 2.45) is 0 Å². The maximum absolute atomic E-state index is 12.6. The van der Waals surface area contributed by atoms with Gasteiger partial charge < -0.3 is 14.7 Å². The molecule has 0 saturated carbocycles. The zero-order valence-electron chi connectivity index (χ0n) is 14.3. The van der Waals surface area contributed by atoms with Crippen LogP contribution in [-0.4, -0.2) is 42.1 Å². The average Bonchev–Trinajstić information content (AvgIpc) is 2.58. The second-order valence-electron chi connectivity index (χ2n) is 5.85. The molecule has 0 aromatic heterocycles. The molecule has 0 bridgehead atoms. The first-order valence-electron chi connectivity index (χ1n) is 8.04. The Morgan fingerprint density at radius 2 is 1.83 bits per heavy atom. The highest BCUT2D eigenvalue weighted by molar-refractivity contribution is 5.89. The topological polar surface area (TPSA) is 66.8 Å². The van der Waals surface area contributed by atoms with E-state index in [1.165, 1.54) is 4.90 Å². The minimum Gasteiger partial charge on any atom is -0.497 e. The quantitative estimate of drug-likeness (QED) is 0.846. The van der Waals surface area contributed by atoms with Crippen LogP contribution in [0.15, 0.2) is 36.4 Å². The molecule has 2 aromatic carbocycles. The van der Waals surface area contributed by atoms with Crippen LogP contribution >= 0.6 is 0 Å². The predicted octanol–water partition coefficient (Wildman–Crippen LogP) is 3.28.